The van der Waals surface area contributed by atoms with Crippen LogP contribution in [0.4, 0.5) is 5.69 Å². The molecule has 2 N–H and O–H groups in total. The number of aromatic nitrogens is 1. The molecule has 0 saturated carbocycles. The largest absolute Gasteiger partial charge is 1.00 e. The van der Waals surface area contributed by atoms with Gasteiger partial charge >= 0.3 is 0 Å². The molecule has 4 aromatic rings. The Labute approximate surface area is 189 Å². The standard InChI is InChI=1S/C23H18N2OS2.BrH/c24-19-20(25-14-8-3-9-15-25)23(27-16-17-10-4-1-5-11-17)28-22(19)21(26)18-12-6-2-7-13-18;/h1-15H,16H2,(H-,24,26);1H. The highest BCUT2D eigenvalue weighted by atomic mass is 79.9. The molecule has 0 radical (unpaired) electrons. The van der Waals surface area contributed by atoms with E-state index in [4.69, 9.17) is 5.73 Å². The van der Waals surface area contributed by atoms with Crippen LogP contribution < -0.4 is 27.3 Å². The fraction of sp³-hybridized carbons (Fsp3) is 0.0435. The van der Waals surface area contributed by atoms with Crippen LogP contribution in [0.1, 0.15) is 20.8 Å². The molecule has 0 fully saturated rings. The Morgan fingerprint density at radius 3 is 2.14 bits per heavy atom. The van der Waals surface area contributed by atoms with Crippen LogP contribution in [-0.2, 0) is 5.75 Å². The summed E-state index contributed by atoms with van der Waals surface area (Å²) in [5, 5.41) is 0. The van der Waals surface area contributed by atoms with Crippen LogP contribution >= 0.6 is 23.1 Å². The summed E-state index contributed by atoms with van der Waals surface area (Å²) in [6.07, 6.45) is 3.92. The second-order valence-electron chi connectivity index (χ2n) is 6.23. The van der Waals surface area contributed by atoms with Crippen LogP contribution in [0.25, 0.3) is 5.69 Å². The Balaban J connectivity index is 0.00000240. The molecule has 146 valence electrons. The molecule has 6 heteroatoms. The van der Waals surface area contributed by atoms with Gasteiger partial charge in [-0.25, -0.2) is 0 Å². The quantitative estimate of drug-likeness (QED) is 0.260. The molecular weight excluding hydrogens is 464 g/mol. The number of nitrogen functional groups attached to an aromatic ring is 1. The number of carbonyl (C=O) groups is 1. The van der Waals surface area contributed by atoms with Crippen molar-refractivity contribution in [3.05, 3.63) is 107 Å². The lowest BCUT2D eigenvalue weighted by Gasteiger charge is -2.01. The number of thiophene rings is 1. The normalized spacial score (nSPS) is 10.3. The number of hydrogen-bond acceptors (Lipinski definition) is 4. The maximum atomic E-state index is 13.1. The molecule has 2 aromatic carbocycles. The molecule has 2 heterocycles. The van der Waals surface area contributed by atoms with E-state index in [0.29, 0.717) is 16.1 Å². The monoisotopic (exact) mass is 482 g/mol. The number of nitrogens with zero attached hydrogens (tertiary/aromatic N) is 1. The molecule has 0 amide bonds. The van der Waals surface area contributed by atoms with Gasteiger partial charge in [0.1, 0.15) is 14.8 Å². The van der Waals surface area contributed by atoms with Crippen molar-refractivity contribution in [2.75, 3.05) is 5.73 Å². The van der Waals surface area contributed by atoms with Gasteiger partial charge in [-0.1, -0.05) is 66.7 Å². The topological polar surface area (TPSA) is 47.0 Å². The number of rotatable bonds is 6. The van der Waals surface area contributed by atoms with Crippen molar-refractivity contribution in [2.45, 2.75) is 9.96 Å². The van der Waals surface area contributed by atoms with Crippen LogP contribution in [0.5, 0.6) is 0 Å². The highest BCUT2D eigenvalue weighted by Crippen LogP contribution is 2.40. The molecule has 0 saturated heterocycles. The summed E-state index contributed by atoms with van der Waals surface area (Å²) in [5.41, 5.74) is 9.80. The molecule has 4 rings (SSSR count). The van der Waals surface area contributed by atoms with Gasteiger partial charge in [-0.2, -0.15) is 4.57 Å². The Morgan fingerprint density at radius 1 is 0.897 bits per heavy atom. The molecule has 0 aliphatic carbocycles. The maximum absolute atomic E-state index is 13.1. The summed E-state index contributed by atoms with van der Waals surface area (Å²) >= 11 is 3.18. The van der Waals surface area contributed by atoms with Gasteiger partial charge in [0, 0.05) is 23.4 Å². The lowest BCUT2D eigenvalue weighted by Crippen LogP contribution is -3.00. The van der Waals surface area contributed by atoms with Gasteiger partial charge in [-0.05, 0) is 5.56 Å². The minimum atomic E-state index is -0.0348. The van der Waals surface area contributed by atoms with E-state index in [1.807, 2.05) is 83.7 Å². The lowest BCUT2D eigenvalue weighted by atomic mass is 10.1. The molecular formula is C23H19BrN2OS2. The molecule has 2 aromatic heterocycles. The number of pyridine rings is 1. The number of thioether (sulfide) groups is 1. The second-order valence-corrected chi connectivity index (χ2v) is 8.50. The minimum Gasteiger partial charge on any atom is -1.00 e. The van der Waals surface area contributed by atoms with E-state index in [-0.39, 0.29) is 22.8 Å². The summed E-state index contributed by atoms with van der Waals surface area (Å²) in [5.74, 6) is 0.785. The Morgan fingerprint density at radius 2 is 1.48 bits per heavy atom. The van der Waals surface area contributed by atoms with E-state index in [9.17, 15) is 4.79 Å². The smallest absolute Gasteiger partial charge is 0.259 e. The predicted octanol–water partition coefficient (Wildman–Crippen LogP) is 2.13. The van der Waals surface area contributed by atoms with E-state index < -0.39 is 0 Å². The van der Waals surface area contributed by atoms with E-state index in [0.717, 1.165) is 15.6 Å². The number of anilines is 1. The average molecular weight is 483 g/mol. The second kappa shape index (κ2) is 9.87. The third kappa shape index (κ3) is 4.78. The fourth-order valence-electron chi connectivity index (χ4n) is 2.92. The molecule has 0 bridgehead atoms. The van der Waals surface area contributed by atoms with E-state index >= 15 is 0 Å². The third-order valence-corrected chi connectivity index (χ3v) is 6.84. The van der Waals surface area contributed by atoms with Crippen molar-refractivity contribution in [2.24, 2.45) is 0 Å². The van der Waals surface area contributed by atoms with Crippen molar-refractivity contribution in [1.82, 2.24) is 0 Å². The zero-order chi connectivity index (χ0) is 19.3. The number of nitrogens with two attached hydrogens (primary N) is 1. The number of halogens is 1. The average Bonchev–Trinajstić information content (AvgIpc) is 3.10. The van der Waals surface area contributed by atoms with Crippen LogP contribution in [0.15, 0.2) is 95.5 Å². The number of ketones is 1. The van der Waals surface area contributed by atoms with Gasteiger partial charge in [-0.15, -0.1) is 23.1 Å². The van der Waals surface area contributed by atoms with Crippen LogP contribution in [-0.4, -0.2) is 5.78 Å². The third-order valence-electron chi connectivity index (χ3n) is 4.32. The minimum absolute atomic E-state index is 0. The van der Waals surface area contributed by atoms with Gasteiger partial charge in [0.05, 0.1) is 0 Å². The summed E-state index contributed by atoms with van der Waals surface area (Å²) < 4.78 is 3.03. The maximum Gasteiger partial charge on any atom is 0.259 e. The van der Waals surface area contributed by atoms with Crippen molar-refractivity contribution in [3.8, 4) is 5.69 Å². The summed E-state index contributed by atoms with van der Waals surface area (Å²) in [4.78, 5) is 13.6. The van der Waals surface area contributed by atoms with Gasteiger partial charge in [0.25, 0.3) is 5.69 Å². The van der Waals surface area contributed by atoms with Crippen molar-refractivity contribution >= 4 is 34.6 Å². The molecule has 0 atom stereocenters. The number of benzene rings is 2. The first-order chi connectivity index (χ1) is 13.7. The van der Waals surface area contributed by atoms with Gasteiger partial charge in [0.2, 0.25) is 5.78 Å². The molecule has 0 aliphatic rings. The Bertz CT molecular complexity index is 1080. The van der Waals surface area contributed by atoms with Crippen LogP contribution in [0.2, 0.25) is 0 Å². The van der Waals surface area contributed by atoms with Crippen LogP contribution in [0, 0.1) is 0 Å². The fourth-order valence-corrected chi connectivity index (χ4v) is 5.34. The zero-order valence-electron chi connectivity index (χ0n) is 15.5. The van der Waals surface area contributed by atoms with Gasteiger partial charge in [0.15, 0.2) is 12.4 Å². The van der Waals surface area contributed by atoms with E-state index in [2.05, 4.69) is 12.1 Å². The van der Waals surface area contributed by atoms with E-state index in [1.54, 1.807) is 11.8 Å². The first kappa shape index (κ1) is 21.3. The molecule has 0 aliphatic heterocycles. The SMILES string of the molecule is Nc1c(C(=O)c2ccccc2)sc(SCc2ccccc2)c1-[n+]1ccccc1.[Br-]. The summed E-state index contributed by atoms with van der Waals surface area (Å²) in [6.45, 7) is 0. The van der Waals surface area contributed by atoms with Gasteiger partial charge < -0.3 is 22.7 Å². The van der Waals surface area contributed by atoms with E-state index in [1.165, 1.54) is 16.9 Å². The Hall–Kier alpha value is -2.41. The summed E-state index contributed by atoms with van der Waals surface area (Å²) in [6, 6.07) is 25.5. The van der Waals surface area contributed by atoms with Crippen molar-refractivity contribution in [1.29, 1.82) is 0 Å². The molecule has 0 spiro atoms. The van der Waals surface area contributed by atoms with Crippen molar-refractivity contribution in [3.63, 3.8) is 0 Å². The molecule has 3 nitrogen and oxygen atoms in total. The highest BCUT2D eigenvalue weighted by Gasteiger charge is 2.28. The highest BCUT2D eigenvalue weighted by molar-refractivity contribution is 8.00. The van der Waals surface area contributed by atoms with Crippen molar-refractivity contribution < 1.29 is 26.3 Å². The Kier molecular flexibility index (Phi) is 7.25. The molecule has 0 unspecified atom stereocenters. The van der Waals surface area contributed by atoms with Crippen LogP contribution in [0.3, 0.4) is 0 Å². The first-order valence-electron chi connectivity index (χ1n) is 8.89. The zero-order valence-corrected chi connectivity index (χ0v) is 18.7. The lowest BCUT2D eigenvalue weighted by molar-refractivity contribution is -0.596. The number of hydrogen-bond donors (Lipinski definition) is 1. The predicted molar refractivity (Wildman–Crippen MR) is 116 cm³/mol. The first-order valence-corrected chi connectivity index (χ1v) is 10.7. The summed E-state index contributed by atoms with van der Waals surface area (Å²) in [7, 11) is 0. The molecule has 29 heavy (non-hydrogen) atoms. The number of carbonyl (C=O) groups excluding carboxylic acids is 1. The van der Waals surface area contributed by atoms with Gasteiger partial charge in [-0.3, -0.25) is 4.79 Å².